The molecule has 1 saturated heterocycles. The number of hydrogen-bond donors (Lipinski definition) is 0. The lowest BCUT2D eigenvalue weighted by Gasteiger charge is -2.26. The molecule has 1 aliphatic rings. The zero-order valence-electron chi connectivity index (χ0n) is 15.5. The van der Waals surface area contributed by atoms with Crippen LogP contribution < -0.4 is 0 Å². The van der Waals surface area contributed by atoms with Crippen LogP contribution >= 0.6 is 0 Å². The van der Waals surface area contributed by atoms with Crippen molar-refractivity contribution in [3.8, 4) is 0 Å². The lowest BCUT2D eigenvalue weighted by molar-refractivity contribution is 0.0627. The maximum absolute atomic E-state index is 12.7. The Hall–Kier alpha value is -1.48. The molecule has 0 spiro atoms. The molecule has 0 atom stereocenters. The molecule has 1 aromatic rings. The number of carbonyl (C=O) groups is 1. The Morgan fingerprint density at radius 1 is 1.00 bits per heavy atom. The van der Waals surface area contributed by atoms with Gasteiger partial charge in [-0.25, -0.2) is 8.42 Å². The zero-order valence-corrected chi connectivity index (χ0v) is 16.3. The largest absolute Gasteiger partial charge is 0.383 e. The molecular weight excluding hydrogens is 356 g/mol. The molecule has 0 N–H and O–H groups in total. The second kappa shape index (κ2) is 10.0. The van der Waals surface area contributed by atoms with Crippen molar-refractivity contribution in [1.29, 1.82) is 0 Å². The Morgan fingerprint density at radius 2 is 1.54 bits per heavy atom. The van der Waals surface area contributed by atoms with Crippen LogP contribution in [0.3, 0.4) is 0 Å². The second-order valence-electron chi connectivity index (χ2n) is 6.27. The summed E-state index contributed by atoms with van der Waals surface area (Å²) in [4.78, 5) is 14.5. The summed E-state index contributed by atoms with van der Waals surface area (Å²) >= 11 is 0. The van der Waals surface area contributed by atoms with Crippen molar-refractivity contribution in [3.63, 3.8) is 0 Å². The number of hydrogen-bond acceptors (Lipinski definition) is 5. The van der Waals surface area contributed by atoms with Gasteiger partial charge in [0.15, 0.2) is 0 Å². The quantitative estimate of drug-likeness (QED) is 0.646. The number of sulfonamides is 1. The van der Waals surface area contributed by atoms with Crippen molar-refractivity contribution in [2.45, 2.75) is 24.2 Å². The maximum Gasteiger partial charge on any atom is 0.254 e. The number of amides is 1. The number of nitrogens with zero attached hydrogens (tertiary/aromatic N) is 2. The fourth-order valence-electron chi connectivity index (χ4n) is 2.92. The highest BCUT2D eigenvalue weighted by Gasteiger charge is 2.26. The van der Waals surface area contributed by atoms with E-state index < -0.39 is 10.0 Å². The third-order valence-electron chi connectivity index (χ3n) is 4.47. The molecule has 8 heteroatoms. The molecule has 0 unspecified atom stereocenters. The van der Waals surface area contributed by atoms with Crippen LogP contribution in [0.2, 0.25) is 0 Å². The highest BCUT2D eigenvalue weighted by molar-refractivity contribution is 7.89. The minimum absolute atomic E-state index is 0.166. The molecule has 0 aromatic heterocycles. The van der Waals surface area contributed by atoms with E-state index in [9.17, 15) is 13.2 Å². The molecule has 0 radical (unpaired) electrons. The molecule has 26 heavy (non-hydrogen) atoms. The first-order valence-corrected chi connectivity index (χ1v) is 10.3. The first kappa shape index (κ1) is 20.8. The molecule has 2 rings (SSSR count). The van der Waals surface area contributed by atoms with Crippen LogP contribution in [0.1, 0.15) is 29.6 Å². The summed E-state index contributed by atoms with van der Waals surface area (Å²) in [5.74, 6) is -0.166. The van der Waals surface area contributed by atoms with Crippen molar-refractivity contribution in [2.24, 2.45) is 0 Å². The van der Waals surface area contributed by atoms with Gasteiger partial charge in [0.25, 0.3) is 5.91 Å². The smallest absolute Gasteiger partial charge is 0.254 e. The molecule has 146 valence electrons. The maximum atomic E-state index is 12.7. The van der Waals surface area contributed by atoms with Crippen molar-refractivity contribution in [1.82, 2.24) is 9.21 Å². The van der Waals surface area contributed by atoms with E-state index in [1.165, 1.54) is 16.4 Å². The fraction of sp³-hybridized carbons (Fsp3) is 0.611. The van der Waals surface area contributed by atoms with Crippen LogP contribution in [0.5, 0.6) is 0 Å². The Bertz CT molecular complexity index is 661. The third kappa shape index (κ3) is 5.26. The van der Waals surface area contributed by atoms with Crippen molar-refractivity contribution < 1.29 is 22.7 Å². The summed E-state index contributed by atoms with van der Waals surface area (Å²) < 4.78 is 37.0. The van der Waals surface area contributed by atoms with Crippen molar-refractivity contribution in [2.75, 3.05) is 53.6 Å². The van der Waals surface area contributed by atoms with E-state index in [1.807, 2.05) is 0 Å². The molecule has 1 aromatic carbocycles. The predicted molar refractivity (Wildman–Crippen MR) is 98.7 cm³/mol. The molecule has 0 bridgehead atoms. The molecule has 1 aliphatic heterocycles. The minimum atomic E-state index is -3.48. The zero-order chi connectivity index (χ0) is 19.0. The van der Waals surface area contributed by atoms with Gasteiger partial charge in [-0.05, 0) is 37.1 Å². The van der Waals surface area contributed by atoms with Crippen LogP contribution in [0, 0.1) is 0 Å². The number of carbonyl (C=O) groups excluding carboxylic acids is 1. The first-order chi connectivity index (χ1) is 12.5. The molecular formula is C18H28N2O5S. The van der Waals surface area contributed by atoms with Gasteiger partial charge < -0.3 is 14.4 Å². The summed E-state index contributed by atoms with van der Waals surface area (Å²) in [6.07, 6.45) is 2.85. The Balaban J connectivity index is 2.12. The van der Waals surface area contributed by atoms with Gasteiger partial charge >= 0.3 is 0 Å². The molecule has 1 amide bonds. The number of methoxy groups -OCH3 is 2. The average Bonchev–Trinajstić information content (AvgIpc) is 2.68. The fourth-order valence-corrected chi connectivity index (χ4v) is 4.44. The van der Waals surface area contributed by atoms with Gasteiger partial charge in [-0.15, -0.1) is 0 Å². The van der Waals surface area contributed by atoms with Crippen LogP contribution in [0.25, 0.3) is 0 Å². The van der Waals surface area contributed by atoms with Crippen LogP contribution in [0.15, 0.2) is 29.2 Å². The van der Waals surface area contributed by atoms with Gasteiger partial charge in [0.1, 0.15) is 0 Å². The van der Waals surface area contributed by atoms with E-state index in [4.69, 9.17) is 9.47 Å². The van der Waals surface area contributed by atoms with Gasteiger partial charge in [0.05, 0.1) is 18.1 Å². The van der Waals surface area contributed by atoms with Gasteiger partial charge in [-0.2, -0.15) is 4.31 Å². The van der Waals surface area contributed by atoms with Gasteiger partial charge in [-0.3, -0.25) is 4.79 Å². The Labute approximate surface area is 155 Å². The monoisotopic (exact) mass is 384 g/mol. The lowest BCUT2D eigenvalue weighted by atomic mass is 10.2. The van der Waals surface area contributed by atoms with E-state index in [-0.39, 0.29) is 10.8 Å². The van der Waals surface area contributed by atoms with E-state index in [0.717, 1.165) is 19.3 Å². The second-order valence-corrected chi connectivity index (χ2v) is 8.20. The summed E-state index contributed by atoms with van der Waals surface area (Å²) in [6, 6.07) is 6.18. The summed E-state index contributed by atoms with van der Waals surface area (Å²) in [5, 5.41) is 0. The van der Waals surface area contributed by atoms with E-state index >= 15 is 0 Å². The number of ether oxygens (including phenoxy) is 2. The normalized spacial score (nSPS) is 15.8. The summed E-state index contributed by atoms with van der Waals surface area (Å²) in [6.45, 7) is 2.88. The van der Waals surface area contributed by atoms with Crippen molar-refractivity contribution >= 4 is 15.9 Å². The number of benzene rings is 1. The topological polar surface area (TPSA) is 76.1 Å². The molecule has 0 aliphatic carbocycles. The number of piperidine rings is 1. The Kier molecular flexibility index (Phi) is 8.02. The van der Waals surface area contributed by atoms with E-state index in [2.05, 4.69) is 0 Å². The van der Waals surface area contributed by atoms with Gasteiger partial charge in [-0.1, -0.05) is 6.42 Å². The van der Waals surface area contributed by atoms with Crippen molar-refractivity contribution in [3.05, 3.63) is 29.8 Å². The van der Waals surface area contributed by atoms with Crippen LogP contribution in [-0.4, -0.2) is 77.1 Å². The third-order valence-corrected chi connectivity index (χ3v) is 6.38. The first-order valence-electron chi connectivity index (χ1n) is 8.88. The Morgan fingerprint density at radius 3 is 2.04 bits per heavy atom. The molecule has 1 heterocycles. The minimum Gasteiger partial charge on any atom is -0.383 e. The van der Waals surface area contributed by atoms with Crippen LogP contribution in [0.4, 0.5) is 0 Å². The van der Waals surface area contributed by atoms with Gasteiger partial charge in [0, 0.05) is 46.0 Å². The van der Waals surface area contributed by atoms with E-state index in [1.54, 1.807) is 31.3 Å². The lowest BCUT2D eigenvalue weighted by Crippen LogP contribution is -2.37. The summed E-state index contributed by atoms with van der Waals surface area (Å²) in [7, 11) is -0.320. The predicted octanol–water partition coefficient (Wildman–Crippen LogP) is 1.60. The van der Waals surface area contributed by atoms with Gasteiger partial charge in [0.2, 0.25) is 10.0 Å². The molecule has 7 nitrogen and oxygen atoms in total. The van der Waals surface area contributed by atoms with Crippen LogP contribution in [-0.2, 0) is 19.5 Å². The SMILES string of the molecule is COCCN(CCOC)C(=O)c1ccc(S(=O)(=O)N2CCCCC2)cc1. The number of rotatable bonds is 9. The molecule has 1 fully saturated rings. The molecule has 0 saturated carbocycles. The standard InChI is InChI=1S/C18H28N2O5S/c1-24-14-12-19(13-15-25-2)18(21)16-6-8-17(9-7-16)26(22,23)20-10-4-3-5-11-20/h6-9H,3-5,10-15H2,1-2H3. The van der Waals surface area contributed by atoms with E-state index in [0.29, 0.717) is 45.0 Å². The highest BCUT2D eigenvalue weighted by atomic mass is 32.2. The average molecular weight is 384 g/mol. The summed E-state index contributed by atoms with van der Waals surface area (Å²) in [5.41, 5.74) is 0.454. The highest BCUT2D eigenvalue weighted by Crippen LogP contribution is 2.21.